The van der Waals surface area contributed by atoms with Crippen LogP contribution in [0.2, 0.25) is 0 Å². The van der Waals surface area contributed by atoms with Crippen molar-refractivity contribution >= 4 is 30.7 Å². The van der Waals surface area contributed by atoms with Crippen LogP contribution in [0.25, 0.3) is 0 Å². The average molecular weight is 429 g/mol. The fraction of sp³-hybridized carbons (Fsp3) is 0.632. The first-order valence-electron chi connectivity index (χ1n) is 9.67. The molecule has 1 N–H and O–H groups in total. The van der Waals surface area contributed by atoms with Gasteiger partial charge >= 0.3 is 0 Å². The van der Waals surface area contributed by atoms with E-state index in [1.165, 1.54) is 5.56 Å². The first-order chi connectivity index (χ1) is 12.7. The second-order valence-electron chi connectivity index (χ2n) is 7.71. The van der Waals surface area contributed by atoms with Gasteiger partial charge in [-0.25, -0.2) is 0 Å². The fourth-order valence-corrected chi connectivity index (χ4v) is 4.35. The highest BCUT2D eigenvalue weighted by molar-refractivity contribution is 5.86. The number of halogens is 2. The molecule has 4 heterocycles. The molecular formula is C19H30Cl2N6O. The van der Waals surface area contributed by atoms with Gasteiger partial charge in [0.15, 0.2) is 0 Å². The molecule has 2 aromatic rings. The van der Waals surface area contributed by atoms with Crippen LogP contribution in [0.1, 0.15) is 31.2 Å². The quantitative estimate of drug-likeness (QED) is 0.810. The number of rotatable bonds is 4. The summed E-state index contributed by atoms with van der Waals surface area (Å²) in [5, 5.41) is 12.2. The smallest absolute Gasteiger partial charge is 0.250 e. The van der Waals surface area contributed by atoms with Crippen molar-refractivity contribution in [1.29, 1.82) is 0 Å². The number of carbonyl (C=O) groups excluding carboxylic acids is 1. The van der Waals surface area contributed by atoms with Crippen LogP contribution >= 0.6 is 24.8 Å². The summed E-state index contributed by atoms with van der Waals surface area (Å²) in [5.74, 6) is 0.836. The van der Waals surface area contributed by atoms with E-state index in [2.05, 4.69) is 33.5 Å². The molecule has 1 amide bonds. The monoisotopic (exact) mass is 428 g/mol. The molecule has 0 unspecified atom stereocenters. The molecular weight excluding hydrogens is 399 g/mol. The zero-order chi connectivity index (χ0) is 18.0. The molecule has 0 aliphatic carbocycles. The van der Waals surface area contributed by atoms with Crippen LogP contribution in [0.4, 0.5) is 0 Å². The van der Waals surface area contributed by atoms with Crippen molar-refractivity contribution < 1.29 is 4.79 Å². The van der Waals surface area contributed by atoms with E-state index in [-0.39, 0.29) is 30.7 Å². The maximum Gasteiger partial charge on any atom is 0.250 e. The Balaban J connectivity index is 0.00000140. The molecule has 2 aliphatic rings. The van der Waals surface area contributed by atoms with E-state index in [4.69, 9.17) is 0 Å². The molecule has 0 spiro atoms. The number of likely N-dealkylation sites (tertiary alicyclic amines) is 1. The number of amides is 1. The molecule has 2 aromatic heterocycles. The molecule has 2 fully saturated rings. The van der Waals surface area contributed by atoms with Crippen LogP contribution in [0.3, 0.4) is 0 Å². The van der Waals surface area contributed by atoms with Crippen molar-refractivity contribution in [3.05, 3.63) is 36.4 Å². The highest BCUT2D eigenvalue weighted by atomic mass is 35.5. The molecule has 156 valence electrons. The maximum atomic E-state index is 13.5. The third kappa shape index (κ3) is 4.53. The summed E-state index contributed by atoms with van der Waals surface area (Å²) < 4.78 is 3.93. The Bertz CT molecular complexity index is 733. The number of hydrogen-bond acceptors (Lipinski definition) is 4. The Labute approximate surface area is 178 Å². The van der Waals surface area contributed by atoms with Gasteiger partial charge in [0, 0.05) is 38.2 Å². The van der Waals surface area contributed by atoms with E-state index in [0.29, 0.717) is 5.92 Å². The van der Waals surface area contributed by atoms with Gasteiger partial charge in [-0.1, -0.05) is 0 Å². The molecule has 0 atom stereocenters. The summed E-state index contributed by atoms with van der Waals surface area (Å²) in [6, 6.07) is 1.91. The molecule has 4 rings (SSSR count). The third-order valence-electron chi connectivity index (χ3n) is 5.88. The van der Waals surface area contributed by atoms with E-state index >= 15 is 0 Å². The minimum Gasteiger partial charge on any atom is -0.341 e. The highest BCUT2D eigenvalue weighted by Gasteiger charge is 2.45. The van der Waals surface area contributed by atoms with Gasteiger partial charge in [-0.15, -0.1) is 24.8 Å². The lowest BCUT2D eigenvalue weighted by Gasteiger charge is -2.42. The van der Waals surface area contributed by atoms with Crippen LogP contribution in [-0.2, 0) is 16.9 Å². The standard InChI is InChI=1S/C19H28N6O.2ClH/c1-16-13-22-24(14-16)15-17-3-11-23(12-4-17)18(26)19(5-8-20-9-6-19)25-10-2-7-21-25;;/h2,7,10,13-14,17,20H,3-6,8-9,11-12,15H2,1H3;2*1H. The number of piperidine rings is 2. The van der Waals surface area contributed by atoms with Gasteiger partial charge in [0.25, 0.3) is 5.91 Å². The number of carbonyl (C=O) groups is 1. The second kappa shape index (κ2) is 9.76. The van der Waals surface area contributed by atoms with Crippen LogP contribution in [0.5, 0.6) is 0 Å². The second-order valence-corrected chi connectivity index (χ2v) is 7.71. The molecule has 2 aliphatic heterocycles. The van der Waals surface area contributed by atoms with Crippen LogP contribution in [-0.4, -0.2) is 56.5 Å². The Morgan fingerprint density at radius 3 is 2.50 bits per heavy atom. The molecule has 0 aromatic carbocycles. The summed E-state index contributed by atoms with van der Waals surface area (Å²) in [6.07, 6.45) is 11.4. The molecule has 0 radical (unpaired) electrons. The van der Waals surface area contributed by atoms with E-state index < -0.39 is 5.54 Å². The number of hydrogen-bond donors (Lipinski definition) is 1. The van der Waals surface area contributed by atoms with Crippen molar-refractivity contribution in [2.45, 2.75) is 44.7 Å². The van der Waals surface area contributed by atoms with Gasteiger partial charge in [0.1, 0.15) is 5.54 Å². The number of aromatic nitrogens is 4. The molecule has 2 saturated heterocycles. The largest absolute Gasteiger partial charge is 0.341 e. The molecule has 0 saturated carbocycles. The third-order valence-corrected chi connectivity index (χ3v) is 5.88. The predicted octanol–water partition coefficient (Wildman–Crippen LogP) is 2.25. The average Bonchev–Trinajstić information content (AvgIpc) is 3.35. The molecule has 7 nitrogen and oxygen atoms in total. The first-order valence-corrected chi connectivity index (χ1v) is 9.67. The van der Waals surface area contributed by atoms with Crippen LogP contribution in [0.15, 0.2) is 30.9 Å². The van der Waals surface area contributed by atoms with E-state index in [9.17, 15) is 4.79 Å². The van der Waals surface area contributed by atoms with Gasteiger partial charge in [0.2, 0.25) is 0 Å². The van der Waals surface area contributed by atoms with Gasteiger partial charge < -0.3 is 10.2 Å². The Morgan fingerprint density at radius 2 is 1.93 bits per heavy atom. The summed E-state index contributed by atoms with van der Waals surface area (Å²) in [6.45, 7) is 6.41. The highest BCUT2D eigenvalue weighted by Crippen LogP contribution is 2.31. The van der Waals surface area contributed by atoms with Gasteiger partial charge in [-0.3, -0.25) is 14.2 Å². The van der Waals surface area contributed by atoms with Crippen LogP contribution in [0, 0.1) is 12.8 Å². The Hall–Kier alpha value is -1.57. The zero-order valence-corrected chi connectivity index (χ0v) is 17.9. The van der Waals surface area contributed by atoms with Crippen molar-refractivity contribution in [2.24, 2.45) is 5.92 Å². The molecule has 28 heavy (non-hydrogen) atoms. The topological polar surface area (TPSA) is 68.0 Å². The fourth-order valence-electron chi connectivity index (χ4n) is 4.35. The molecule has 0 bridgehead atoms. The van der Waals surface area contributed by atoms with Crippen molar-refractivity contribution in [3.63, 3.8) is 0 Å². The van der Waals surface area contributed by atoms with Gasteiger partial charge in [0.05, 0.1) is 6.20 Å². The van der Waals surface area contributed by atoms with E-state index in [1.807, 2.05) is 27.8 Å². The van der Waals surface area contributed by atoms with E-state index in [0.717, 1.165) is 58.4 Å². The minimum absolute atomic E-state index is 0. The Kier molecular flexibility index (Phi) is 7.92. The summed E-state index contributed by atoms with van der Waals surface area (Å²) in [4.78, 5) is 15.5. The Morgan fingerprint density at radius 1 is 1.21 bits per heavy atom. The lowest BCUT2D eigenvalue weighted by atomic mass is 9.85. The number of nitrogens with zero attached hydrogens (tertiary/aromatic N) is 5. The first kappa shape index (κ1) is 22.7. The summed E-state index contributed by atoms with van der Waals surface area (Å²) in [7, 11) is 0. The summed E-state index contributed by atoms with van der Waals surface area (Å²) in [5.41, 5.74) is 0.686. The van der Waals surface area contributed by atoms with Crippen molar-refractivity contribution in [3.8, 4) is 0 Å². The summed E-state index contributed by atoms with van der Waals surface area (Å²) >= 11 is 0. The van der Waals surface area contributed by atoms with Crippen molar-refractivity contribution in [1.82, 2.24) is 29.8 Å². The van der Waals surface area contributed by atoms with Crippen LogP contribution < -0.4 is 5.32 Å². The molecule has 9 heteroatoms. The lowest BCUT2D eigenvalue weighted by Crippen LogP contribution is -2.57. The maximum absolute atomic E-state index is 13.5. The lowest BCUT2D eigenvalue weighted by molar-refractivity contribution is -0.144. The predicted molar refractivity (Wildman–Crippen MR) is 113 cm³/mol. The number of aryl methyl sites for hydroxylation is 1. The van der Waals surface area contributed by atoms with Gasteiger partial charge in [-0.2, -0.15) is 10.2 Å². The van der Waals surface area contributed by atoms with E-state index in [1.54, 1.807) is 6.20 Å². The number of nitrogens with one attached hydrogen (secondary N) is 1. The van der Waals surface area contributed by atoms with Gasteiger partial charge in [-0.05, 0) is 63.2 Å². The SMILES string of the molecule is Cc1cnn(CC2CCN(C(=O)C3(n4cccn4)CCNCC3)CC2)c1.Cl.Cl. The minimum atomic E-state index is -0.513. The normalized spacial score (nSPS) is 19.5. The zero-order valence-electron chi connectivity index (χ0n) is 16.3. The van der Waals surface area contributed by atoms with Crippen molar-refractivity contribution in [2.75, 3.05) is 26.2 Å².